The van der Waals surface area contributed by atoms with Gasteiger partial charge in [-0.3, -0.25) is 9.71 Å². The summed E-state index contributed by atoms with van der Waals surface area (Å²) < 4.78 is 40.8. The van der Waals surface area contributed by atoms with Crippen molar-refractivity contribution < 1.29 is 12.8 Å². The number of fused-ring (bicyclic) bond motifs is 1. The number of aromatic amines is 1. The van der Waals surface area contributed by atoms with Crippen LogP contribution in [0.2, 0.25) is 15.1 Å². The van der Waals surface area contributed by atoms with E-state index in [-0.39, 0.29) is 15.7 Å². The Kier molecular flexibility index (Phi) is 4.16. The highest BCUT2D eigenvalue weighted by Gasteiger charge is 2.25. The normalized spacial score (nSPS) is 11.8. The molecule has 0 saturated heterocycles. The molecule has 8 nitrogen and oxygen atoms in total. The Morgan fingerprint density at radius 3 is 2.46 bits per heavy atom. The summed E-state index contributed by atoms with van der Waals surface area (Å²) in [4.78, 5) is 17.0. The molecule has 1 aromatic carbocycles. The van der Waals surface area contributed by atoms with Gasteiger partial charge in [-0.05, 0) is 12.1 Å². The zero-order valence-electron chi connectivity index (χ0n) is 11.2. The lowest BCUT2D eigenvalue weighted by Gasteiger charge is -2.08. The zero-order valence-corrected chi connectivity index (χ0v) is 14.3. The van der Waals surface area contributed by atoms with Gasteiger partial charge in [-0.1, -0.05) is 40.9 Å². The van der Waals surface area contributed by atoms with Gasteiger partial charge >= 0.3 is 5.69 Å². The topological polar surface area (TPSA) is 109 Å². The molecule has 0 saturated carbocycles. The number of aromatic nitrogens is 4. The van der Waals surface area contributed by atoms with Crippen molar-refractivity contribution >= 4 is 56.2 Å². The second-order valence-electron chi connectivity index (χ2n) is 4.39. The van der Waals surface area contributed by atoms with Crippen molar-refractivity contribution in [1.82, 2.24) is 19.6 Å². The summed E-state index contributed by atoms with van der Waals surface area (Å²) in [6, 6.07) is 4.35. The number of sulfonamides is 1. The lowest BCUT2D eigenvalue weighted by Crippen LogP contribution is -2.20. The highest BCUT2D eigenvalue weighted by Crippen LogP contribution is 2.31. The SMILES string of the molecule is O=c1[nH]c(F)c(Cl)c2nc(S(=O)(=O)Nc3c(Cl)cccc3Cl)nn12. The van der Waals surface area contributed by atoms with Gasteiger partial charge < -0.3 is 0 Å². The minimum atomic E-state index is -4.36. The van der Waals surface area contributed by atoms with Crippen LogP contribution in [-0.4, -0.2) is 28.0 Å². The van der Waals surface area contributed by atoms with Crippen molar-refractivity contribution in [2.75, 3.05) is 4.72 Å². The van der Waals surface area contributed by atoms with E-state index in [0.29, 0.717) is 4.52 Å². The summed E-state index contributed by atoms with van der Waals surface area (Å²) in [6.45, 7) is 0. The third-order valence-electron chi connectivity index (χ3n) is 2.83. The maximum atomic E-state index is 13.4. The lowest BCUT2D eigenvalue weighted by atomic mass is 10.3. The highest BCUT2D eigenvalue weighted by molar-refractivity contribution is 7.92. The molecule has 0 radical (unpaired) electrons. The molecule has 13 heteroatoms. The lowest BCUT2D eigenvalue weighted by molar-refractivity contribution is 0.569. The molecule has 3 aromatic rings. The summed E-state index contributed by atoms with van der Waals surface area (Å²) in [7, 11) is -4.36. The second-order valence-corrected chi connectivity index (χ2v) is 7.16. The van der Waals surface area contributed by atoms with E-state index in [2.05, 4.69) is 14.8 Å². The number of nitrogens with one attached hydrogen (secondary N) is 2. The summed E-state index contributed by atoms with van der Waals surface area (Å²) >= 11 is 17.4. The number of nitrogens with zero attached hydrogens (tertiary/aromatic N) is 3. The van der Waals surface area contributed by atoms with Gasteiger partial charge in [-0.15, -0.1) is 5.10 Å². The molecule has 24 heavy (non-hydrogen) atoms. The first-order valence-electron chi connectivity index (χ1n) is 6.01. The molecule has 2 heterocycles. The predicted octanol–water partition coefficient (Wildman–Crippen LogP) is 2.32. The fourth-order valence-electron chi connectivity index (χ4n) is 1.77. The molecule has 0 bridgehead atoms. The van der Waals surface area contributed by atoms with Crippen LogP contribution in [0.25, 0.3) is 5.65 Å². The number of hydrogen-bond donors (Lipinski definition) is 2. The number of rotatable bonds is 3. The standard InChI is InChI=1S/C11H5Cl3FN5O3S/c12-4-2-1-3-5(13)7(4)19-24(22,23)10-17-9-6(14)8(15)16-11(21)20(9)18-10/h1-3,19H,(H,16,21). The summed E-state index contributed by atoms with van der Waals surface area (Å²) in [5.74, 6) is -1.16. The minimum absolute atomic E-state index is 0.0387. The van der Waals surface area contributed by atoms with Crippen molar-refractivity contribution in [3.05, 3.63) is 49.7 Å². The number of benzene rings is 1. The number of hydrogen-bond acceptors (Lipinski definition) is 5. The van der Waals surface area contributed by atoms with Gasteiger partial charge in [0.2, 0.25) is 5.95 Å². The van der Waals surface area contributed by atoms with Crippen LogP contribution in [0.3, 0.4) is 0 Å². The number of H-pyrrole nitrogens is 1. The van der Waals surface area contributed by atoms with E-state index >= 15 is 0 Å². The summed E-state index contributed by atoms with van der Waals surface area (Å²) in [5, 5.41) is 2.20. The Hall–Kier alpha value is -1.88. The van der Waals surface area contributed by atoms with E-state index < -0.39 is 37.5 Å². The smallest absolute Gasteiger partial charge is 0.281 e. The van der Waals surface area contributed by atoms with Crippen LogP contribution in [0, 0.1) is 5.95 Å². The van der Waals surface area contributed by atoms with Crippen LogP contribution in [-0.2, 0) is 10.0 Å². The van der Waals surface area contributed by atoms with E-state index in [1.54, 1.807) is 4.98 Å². The summed E-state index contributed by atoms with van der Waals surface area (Å²) in [6.07, 6.45) is 0. The van der Waals surface area contributed by atoms with E-state index in [9.17, 15) is 17.6 Å². The first-order valence-corrected chi connectivity index (χ1v) is 8.63. The van der Waals surface area contributed by atoms with E-state index in [1.807, 2.05) is 0 Å². The maximum Gasteiger partial charge on any atom is 0.350 e. The molecule has 0 aliphatic carbocycles. The monoisotopic (exact) mass is 411 g/mol. The molecule has 126 valence electrons. The van der Waals surface area contributed by atoms with Crippen LogP contribution in [0.5, 0.6) is 0 Å². The van der Waals surface area contributed by atoms with Crippen molar-refractivity contribution in [3.8, 4) is 0 Å². The Morgan fingerprint density at radius 1 is 1.21 bits per heavy atom. The fourth-order valence-corrected chi connectivity index (χ4v) is 3.52. The van der Waals surface area contributed by atoms with Crippen LogP contribution in [0.15, 0.2) is 28.2 Å². The number of para-hydroxylation sites is 1. The first kappa shape index (κ1) is 17.0. The van der Waals surface area contributed by atoms with E-state index in [0.717, 1.165) is 0 Å². The minimum Gasteiger partial charge on any atom is -0.281 e. The highest BCUT2D eigenvalue weighted by atomic mass is 35.5. The Balaban J connectivity index is 2.14. The number of halogens is 4. The Labute approximate surface area is 148 Å². The van der Waals surface area contributed by atoms with E-state index in [1.165, 1.54) is 18.2 Å². The second kappa shape index (κ2) is 5.88. The molecule has 0 unspecified atom stereocenters. The first-order chi connectivity index (χ1) is 11.2. The molecule has 0 fully saturated rings. The average Bonchev–Trinajstić information content (AvgIpc) is 2.96. The molecule has 0 spiro atoms. The molecule has 0 aliphatic rings. The van der Waals surface area contributed by atoms with Gasteiger partial charge in [-0.25, -0.2) is 4.79 Å². The molecule has 0 atom stereocenters. The van der Waals surface area contributed by atoms with Crippen LogP contribution >= 0.6 is 34.8 Å². The quantitative estimate of drug-likeness (QED) is 0.642. The fraction of sp³-hybridized carbons (Fsp3) is 0. The molecule has 0 amide bonds. The van der Waals surface area contributed by atoms with Gasteiger partial charge in [0, 0.05) is 0 Å². The van der Waals surface area contributed by atoms with Gasteiger partial charge in [0.15, 0.2) is 5.65 Å². The number of anilines is 1. The van der Waals surface area contributed by atoms with Gasteiger partial charge in [0.05, 0.1) is 15.7 Å². The Bertz CT molecular complexity index is 1110. The van der Waals surface area contributed by atoms with Crippen molar-refractivity contribution in [3.63, 3.8) is 0 Å². The molecule has 0 aliphatic heterocycles. The van der Waals surface area contributed by atoms with Crippen LogP contribution in [0.4, 0.5) is 10.1 Å². The van der Waals surface area contributed by atoms with Crippen molar-refractivity contribution in [2.45, 2.75) is 5.16 Å². The van der Waals surface area contributed by atoms with Crippen molar-refractivity contribution in [1.29, 1.82) is 0 Å². The van der Waals surface area contributed by atoms with Crippen LogP contribution < -0.4 is 10.4 Å². The largest absolute Gasteiger partial charge is 0.350 e. The van der Waals surface area contributed by atoms with Crippen LogP contribution in [0.1, 0.15) is 0 Å². The third-order valence-corrected chi connectivity index (χ3v) is 4.92. The van der Waals surface area contributed by atoms with Gasteiger partial charge in [-0.2, -0.15) is 22.3 Å². The molecule has 2 aromatic heterocycles. The molecule has 3 rings (SSSR count). The third kappa shape index (κ3) is 2.81. The van der Waals surface area contributed by atoms with Gasteiger partial charge in [0.1, 0.15) is 5.02 Å². The molecule has 2 N–H and O–H groups in total. The Morgan fingerprint density at radius 2 is 1.83 bits per heavy atom. The summed E-state index contributed by atoms with van der Waals surface area (Å²) in [5.41, 5.74) is -1.59. The predicted molar refractivity (Wildman–Crippen MR) is 85.8 cm³/mol. The van der Waals surface area contributed by atoms with E-state index in [4.69, 9.17) is 34.8 Å². The maximum absolute atomic E-state index is 13.4. The average molecular weight is 413 g/mol. The van der Waals surface area contributed by atoms with Crippen molar-refractivity contribution in [2.24, 2.45) is 0 Å². The zero-order chi connectivity index (χ0) is 17.6. The molecular weight excluding hydrogens is 408 g/mol. The van der Waals surface area contributed by atoms with Gasteiger partial charge in [0.25, 0.3) is 15.2 Å². The molecular formula is C11H5Cl3FN5O3S.